The number of hydrogen-bond donors (Lipinski definition) is 0. The van der Waals surface area contributed by atoms with Crippen LogP contribution in [-0.4, -0.2) is 4.98 Å². The van der Waals surface area contributed by atoms with Gasteiger partial charge < -0.3 is 0 Å². The molecule has 0 atom stereocenters. The molecule has 1 heterocycles. The van der Waals surface area contributed by atoms with Crippen LogP contribution in [0.25, 0.3) is 11.1 Å². The van der Waals surface area contributed by atoms with E-state index >= 15 is 0 Å². The van der Waals surface area contributed by atoms with Crippen molar-refractivity contribution in [3.8, 4) is 11.1 Å². The van der Waals surface area contributed by atoms with E-state index in [-0.39, 0.29) is 5.82 Å². The van der Waals surface area contributed by atoms with Crippen molar-refractivity contribution >= 4 is 0 Å². The van der Waals surface area contributed by atoms with Gasteiger partial charge in [0.25, 0.3) is 0 Å². The van der Waals surface area contributed by atoms with Crippen LogP contribution in [0.3, 0.4) is 0 Å². The highest BCUT2D eigenvalue weighted by atomic mass is 19.1. The maximum Gasteiger partial charge on any atom is 0.131 e. The minimum atomic E-state index is -0.205. The smallest absolute Gasteiger partial charge is 0.131 e. The largest absolute Gasteiger partial charge is 0.261 e. The Kier molecular flexibility index (Phi) is 2.27. The third-order valence-electron chi connectivity index (χ3n) is 2.17. The predicted molar refractivity (Wildman–Crippen MR) is 54.4 cm³/mol. The lowest BCUT2D eigenvalue weighted by Crippen LogP contribution is -1.89. The SMILES string of the molecule is Cc1ncccc1-c1ccccc1F. The molecule has 0 bridgehead atoms. The van der Waals surface area contributed by atoms with E-state index in [0.717, 1.165) is 11.3 Å². The average Bonchev–Trinajstić information content (AvgIpc) is 2.20. The monoisotopic (exact) mass is 187 g/mol. The molecular formula is C12H10FN. The van der Waals surface area contributed by atoms with E-state index in [9.17, 15) is 4.39 Å². The van der Waals surface area contributed by atoms with Gasteiger partial charge in [0, 0.05) is 23.0 Å². The molecule has 70 valence electrons. The van der Waals surface area contributed by atoms with Crippen molar-refractivity contribution in [3.63, 3.8) is 0 Å². The first-order valence-electron chi connectivity index (χ1n) is 4.45. The van der Waals surface area contributed by atoms with Crippen LogP contribution >= 0.6 is 0 Å². The van der Waals surface area contributed by atoms with Crippen molar-refractivity contribution in [2.45, 2.75) is 6.92 Å². The number of benzene rings is 1. The molecule has 0 aliphatic heterocycles. The first-order chi connectivity index (χ1) is 6.79. The summed E-state index contributed by atoms with van der Waals surface area (Å²) in [5, 5.41) is 0. The van der Waals surface area contributed by atoms with Gasteiger partial charge in [0.15, 0.2) is 0 Å². The normalized spacial score (nSPS) is 10.1. The second-order valence-electron chi connectivity index (χ2n) is 3.12. The summed E-state index contributed by atoms with van der Waals surface area (Å²) in [6, 6.07) is 10.4. The summed E-state index contributed by atoms with van der Waals surface area (Å²) in [6.45, 7) is 1.88. The van der Waals surface area contributed by atoms with Crippen LogP contribution in [0, 0.1) is 12.7 Å². The predicted octanol–water partition coefficient (Wildman–Crippen LogP) is 3.20. The van der Waals surface area contributed by atoms with Crippen molar-refractivity contribution in [1.29, 1.82) is 0 Å². The zero-order valence-corrected chi connectivity index (χ0v) is 7.87. The summed E-state index contributed by atoms with van der Waals surface area (Å²) in [7, 11) is 0. The Morgan fingerprint density at radius 1 is 1.00 bits per heavy atom. The van der Waals surface area contributed by atoms with Crippen LogP contribution in [0.5, 0.6) is 0 Å². The fourth-order valence-corrected chi connectivity index (χ4v) is 1.45. The Hall–Kier alpha value is -1.70. The molecule has 0 aliphatic rings. The third kappa shape index (κ3) is 1.51. The molecule has 0 fully saturated rings. The number of rotatable bonds is 1. The number of aryl methyl sites for hydroxylation is 1. The summed E-state index contributed by atoms with van der Waals surface area (Å²) >= 11 is 0. The van der Waals surface area contributed by atoms with Gasteiger partial charge in [-0.1, -0.05) is 24.3 Å². The lowest BCUT2D eigenvalue weighted by molar-refractivity contribution is 0.631. The second-order valence-corrected chi connectivity index (χ2v) is 3.12. The van der Waals surface area contributed by atoms with Crippen molar-refractivity contribution in [2.24, 2.45) is 0 Å². The van der Waals surface area contributed by atoms with Crippen molar-refractivity contribution in [3.05, 3.63) is 54.1 Å². The van der Waals surface area contributed by atoms with Gasteiger partial charge in [0.05, 0.1) is 0 Å². The maximum atomic E-state index is 13.4. The number of nitrogens with zero attached hydrogens (tertiary/aromatic N) is 1. The highest BCUT2D eigenvalue weighted by molar-refractivity contribution is 5.65. The van der Waals surface area contributed by atoms with E-state index in [2.05, 4.69) is 4.98 Å². The molecule has 0 radical (unpaired) electrons. The zero-order chi connectivity index (χ0) is 9.97. The molecule has 1 aromatic carbocycles. The number of hydrogen-bond acceptors (Lipinski definition) is 1. The molecule has 0 N–H and O–H groups in total. The van der Waals surface area contributed by atoms with Crippen LogP contribution in [-0.2, 0) is 0 Å². The van der Waals surface area contributed by atoms with Crippen molar-refractivity contribution in [1.82, 2.24) is 4.98 Å². The molecular weight excluding hydrogens is 177 g/mol. The van der Waals surface area contributed by atoms with Crippen LogP contribution in [0.15, 0.2) is 42.6 Å². The number of pyridine rings is 1. The Morgan fingerprint density at radius 3 is 2.43 bits per heavy atom. The molecule has 1 aromatic heterocycles. The minimum absolute atomic E-state index is 0.205. The van der Waals surface area contributed by atoms with Gasteiger partial charge in [-0.25, -0.2) is 4.39 Å². The van der Waals surface area contributed by atoms with Gasteiger partial charge in [0.1, 0.15) is 5.82 Å². The van der Waals surface area contributed by atoms with Gasteiger partial charge >= 0.3 is 0 Å². The van der Waals surface area contributed by atoms with Gasteiger partial charge in [-0.05, 0) is 19.1 Å². The third-order valence-corrected chi connectivity index (χ3v) is 2.17. The summed E-state index contributed by atoms with van der Waals surface area (Å²) in [5.41, 5.74) is 2.31. The van der Waals surface area contributed by atoms with Crippen LogP contribution in [0.2, 0.25) is 0 Å². The first-order valence-corrected chi connectivity index (χ1v) is 4.45. The maximum absolute atomic E-state index is 13.4. The average molecular weight is 187 g/mol. The van der Waals surface area contributed by atoms with Crippen molar-refractivity contribution < 1.29 is 4.39 Å². The van der Waals surface area contributed by atoms with Crippen molar-refractivity contribution in [2.75, 3.05) is 0 Å². The lowest BCUT2D eigenvalue weighted by atomic mass is 10.0. The van der Waals surface area contributed by atoms with Crippen LogP contribution < -0.4 is 0 Å². The molecule has 0 spiro atoms. The van der Waals surface area contributed by atoms with E-state index in [0.29, 0.717) is 5.56 Å². The molecule has 2 heteroatoms. The summed E-state index contributed by atoms with van der Waals surface area (Å²) < 4.78 is 13.4. The molecule has 2 rings (SSSR count). The number of halogens is 1. The highest BCUT2D eigenvalue weighted by Gasteiger charge is 2.05. The fraction of sp³-hybridized carbons (Fsp3) is 0.0833. The molecule has 0 aliphatic carbocycles. The lowest BCUT2D eigenvalue weighted by Gasteiger charge is -2.05. The molecule has 14 heavy (non-hydrogen) atoms. The van der Waals surface area contributed by atoms with E-state index in [1.165, 1.54) is 6.07 Å². The van der Waals surface area contributed by atoms with Gasteiger partial charge in [0.2, 0.25) is 0 Å². The molecule has 0 saturated carbocycles. The van der Waals surface area contributed by atoms with E-state index in [1.807, 2.05) is 25.1 Å². The topological polar surface area (TPSA) is 12.9 Å². The molecule has 0 saturated heterocycles. The summed E-state index contributed by atoms with van der Waals surface area (Å²) in [4.78, 5) is 4.13. The van der Waals surface area contributed by atoms with Gasteiger partial charge in [-0.15, -0.1) is 0 Å². The van der Waals surface area contributed by atoms with Crippen LogP contribution in [0.4, 0.5) is 4.39 Å². The Morgan fingerprint density at radius 2 is 1.71 bits per heavy atom. The Labute approximate surface area is 82.2 Å². The highest BCUT2D eigenvalue weighted by Crippen LogP contribution is 2.23. The standard InChI is InChI=1S/C12H10FN/c1-9-10(6-4-8-14-9)11-5-2-3-7-12(11)13/h2-8H,1H3. The van der Waals surface area contributed by atoms with E-state index < -0.39 is 0 Å². The zero-order valence-electron chi connectivity index (χ0n) is 7.87. The molecule has 1 nitrogen and oxygen atoms in total. The number of aromatic nitrogens is 1. The Bertz CT molecular complexity index is 408. The van der Waals surface area contributed by atoms with E-state index in [1.54, 1.807) is 18.3 Å². The van der Waals surface area contributed by atoms with Crippen LogP contribution in [0.1, 0.15) is 5.69 Å². The quantitative estimate of drug-likeness (QED) is 0.668. The minimum Gasteiger partial charge on any atom is -0.261 e. The second kappa shape index (κ2) is 3.58. The first kappa shape index (κ1) is 8.88. The molecule has 2 aromatic rings. The van der Waals surface area contributed by atoms with Gasteiger partial charge in [-0.2, -0.15) is 0 Å². The van der Waals surface area contributed by atoms with E-state index in [4.69, 9.17) is 0 Å². The summed E-state index contributed by atoms with van der Waals surface area (Å²) in [5.74, 6) is -0.205. The Balaban J connectivity index is 2.61. The van der Waals surface area contributed by atoms with Gasteiger partial charge in [-0.3, -0.25) is 4.98 Å². The molecule has 0 amide bonds. The summed E-state index contributed by atoms with van der Waals surface area (Å²) in [6.07, 6.45) is 1.71. The fourth-order valence-electron chi connectivity index (χ4n) is 1.45. The molecule has 0 unspecified atom stereocenters.